The average molecular weight is 273 g/mol. The van der Waals surface area contributed by atoms with Gasteiger partial charge in [-0.2, -0.15) is 5.10 Å². The molecule has 20 heavy (non-hydrogen) atoms. The standard InChI is InChI=1S/C15H23N5/c1-10-5-6-15(7-10)20-9-14(16-18-20)8-19-13(4)11(2)12(3)17-19/h9-10,15H,5-8H2,1-4H3. The fraction of sp³-hybridized carbons (Fsp3) is 0.667. The summed E-state index contributed by atoms with van der Waals surface area (Å²) < 4.78 is 4.08. The molecule has 2 aromatic rings. The van der Waals surface area contributed by atoms with Crippen LogP contribution in [0.3, 0.4) is 0 Å². The van der Waals surface area contributed by atoms with Crippen molar-refractivity contribution in [2.24, 2.45) is 5.92 Å². The Morgan fingerprint density at radius 2 is 2.05 bits per heavy atom. The lowest BCUT2D eigenvalue weighted by Crippen LogP contribution is -2.06. The molecule has 0 saturated heterocycles. The van der Waals surface area contributed by atoms with Crippen LogP contribution in [0.15, 0.2) is 6.20 Å². The van der Waals surface area contributed by atoms with E-state index in [0.29, 0.717) is 12.6 Å². The Bertz CT molecular complexity index is 610. The third kappa shape index (κ3) is 2.37. The second kappa shape index (κ2) is 5.04. The first-order chi connectivity index (χ1) is 9.54. The molecule has 1 fully saturated rings. The molecule has 0 radical (unpaired) electrons. The molecule has 2 atom stereocenters. The third-order valence-electron chi connectivity index (χ3n) is 4.65. The van der Waals surface area contributed by atoms with Crippen LogP contribution < -0.4 is 0 Å². The minimum absolute atomic E-state index is 0.536. The highest BCUT2D eigenvalue weighted by Gasteiger charge is 2.23. The van der Waals surface area contributed by atoms with Crippen molar-refractivity contribution in [3.63, 3.8) is 0 Å². The van der Waals surface area contributed by atoms with Gasteiger partial charge in [-0.3, -0.25) is 4.68 Å². The van der Waals surface area contributed by atoms with E-state index in [0.717, 1.165) is 17.3 Å². The Morgan fingerprint density at radius 1 is 1.25 bits per heavy atom. The number of aryl methyl sites for hydroxylation is 1. The number of aromatic nitrogens is 5. The molecule has 3 rings (SSSR count). The summed E-state index contributed by atoms with van der Waals surface area (Å²) in [4.78, 5) is 0. The molecule has 2 aromatic heterocycles. The van der Waals surface area contributed by atoms with Gasteiger partial charge in [0.25, 0.3) is 0 Å². The van der Waals surface area contributed by atoms with E-state index in [2.05, 4.69) is 54.0 Å². The van der Waals surface area contributed by atoms with E-state index in [1.165, 1.54) is 30.5 Å². The molecule has 0 bridgehead atoms. The van der Waals surface area contributed by atoms with Crippen molar-refractivity contribution in [1.29, 1.82) is 0 Å². The van der Waals surface area contributed by atoms with Crippen LogP contribution >= 0.6 is 0 Å². The van der Waals surface area contributed by atoms with Gasteiger partial charge in [0.15, 0.2) is 0 Å². The molecule has 1 aliphatic rings. The van der Waals surface area contributed by atoms with E-state index in [1.807, 2.05) is 4.68 Å². The highest BCUT2D eigenvalue weighted by Crippen LogP contribution is 2.33. The maximum atomic E-state index is 4.56. The summed E-state index contributed by atoms with van der Waals surface area (Å²) in [7, 11) is 0. The van der Waals surface area contributed by atoms with Gasteiger partial charge in [-0.15, -0.1) is 5.10 Å². The van der Waals surface area contributed by atoms with Gasteiger partial charge in [0.2, 0.25) is 0 Å². The topological polar surface area (TPSA) is 48.5 Å². The van der Waals surface area contributed by atoms with Gasteiger partial charge < -0.3 is 0 Å². The SMILES string of the molecule is Cc1nn(Cc2cn(C3CCC(C)C3)nn2)c(C)c1C. The number of hydrogen-bond donors (Lipinski definition) is 0. The fourth-order valence-electron chi connectivity index (χ4n) is 3.08. The monoisotopic (exact) mass is 273 g/mol. The van der Waals surface area contributed by atoms with Crippen LogP contribution in [0.4, 0.5) is 0 Å². The van der Waals surface area contributed by atoms with Crippen LogP contribution in [0.5, 0.6) is 0 Å². The van der Waals surface area contributed by atoms with Crippen molar-refractivity contribution in [2.45, 2.75) is 59.5 Å². The molecule has 2 unspecified atom stereocenters. The van der Waals surface area contributed by atoms with Crippen LogP contribution in [-0.2, 0) is 6.54 Å². The molecule has 0 N–H and O–H groups in total. The molecular formula is C15H23N5. The van der Waals surface area contributed by atoms with Crippen LogP contribution in [0.2, 0.25) is 0 Å². The van der Waals surface area contributed by atoms with E-state index in [9.17, 15) is 0 Å². The summed E-state index contributed by atoms with van der Waals surface area (Å²) in [5.74, 6) is 0.811. The fourth-order valence-corrected chi connectivity index (χ4v) is 3.08. The molecule has 108 valence electrons. The van der Waals surface area contributed by atoms with Crippen LogP contribution in [0, 0.1) is 26.7 Å². The maximum absolute atomic E-state index is 4.56. The molecule has 1 aliphatic carbocycles. The van der Waals surface area contributed by atoms with E-state index in [-0.39, 0.29) is 0 Å². The normalized spacial score (nSPS) is 22.6. The minimum Gasteiger partial charge on any atom is -0.263 e. The van der Waals surface area contributed by atoms with Crippen LogP contribution in [0.25, 0.3) is 0 Å². The zero-order valence-electron chi connectivity index (χ0n) is 12.8. The van der Waals surface area contributed by atoms with Crippen molar-refractivity contribution in [3.05, 3.63) is 28.8 Å². The minimum atomic E-state index is 0.536. The second-order valence-corrected chi connectivity index (χ2v) is 6.22. The first-order valence-corrected chi connectivity index (χ1v) is 7.46. The smallest absolute Gasteiger partial charge is 0.104 e. The van der Waals surface area contributed by atoms with Gasteiger partial charge in [0.05, 0.1) is 24.5 Å². The second-order valence-electron chi connectivity index (χ2n) is 6.22. The molecule has 0 aliphatic heterocycles. The number of nitrogens with zero attached hydrogens (tertiary/aromatic N) is 5. The van der Waals surface area contributed by atoms with Crippen LogP contribution in [-0.4, -0.2) is 24.8 Å². The summed E-state index contributed by atoms with van der Waals surface area (Å²) in [5, 5.41) is 13.2. The molecular weight excluding hydrogens is 250 g/mol. The Hall–Kier alpha value is -1.65. The summed E-state index contributed by atoms with van der Waals surface area (Å²) in [6.45, 7) is 9.30. The zero-order valence-corrected chi connectivity index (χ0v) is 12.8. The first-order valence-electron chi connectivity index (χ1n) is 7.46. The summed E-state index contributed by atoms with van der Waals surface area (Å²) in [6.07, 6.45) is 5.84. The lowest BCUT2D eigenvalue weighted by Gasteiger charge is -2.08. The van der Waals surface area contributed by atoms with Gasteiger partial charge >= 0.3 is 0 Å². The molecule has 2 heterocycles. The lowest BCUT2D eigenvalue weighted by molar-refractivity contribution is 0.439. The van der Waals surface area contributed by atoms with Crippen molar-refractivity contribution in [1.82, 2.24) is 24.8 Å². The maximum Gasteiger partial charge on any atom is 0.104 e. The predicted molar refractivity (Wildman–Crippen MR) is 77.6 cm³/mol. The third-order valence-corrected chi connectivity index (χ3v) is 4.65. The van der Waals surface area contributed by atoms with Crippen molar-refractivity contribution >= 4 is 0 Å². The van der Waals surface area contributed by atoms with Gasteiger partial charge in [-0.1, -0.05) is 12.1 Å². The predicted octanol–water partition coefficient (Wildman–Crippen LogP) is 2.81. The Morgan fingerprint density at radius 3 is 2.65 bits per heavy atom. The highest BCUT2D eigenvalue weighted by molar-refractivity contribution is 5.22. The quantitative estimate of drug-likeness (QED) is 0.864. The Balaban J connectivity index is 1.75. The molecule has 0 aromatic carbocycles. The highest BCUT2D eigenvalue weighted by atomic mass is 15.4. The zero-order chi connectivity index (χ0) is 14.3. The van der Waals surface area contributed by atoms with Crippen molar-refractivity contribution in [3.8, 4) is 0 Å². The first kappa shape index (κ1) is 13.3. The molecule has 1 saturated carbocycles. The van der Waals surface area contributed by atoms with Crippen molar-refractivity contribution < 1.29 is 0 Å². The lowest BCUT2D eigenvalue weighted by atomic mass is 10.1. The molecule has 5 heteroatoms. The van der Waals surface area contributed by atoms with Crippen molar-refractivity contribution in [2.75, 3.05) is 0 Å². The van der Waals surface area contributed by atoms with E-state index < -0.39 is 0 Å². The van der Waals surface area contributed by atoms with Gasteiger partial charge in [-0.05, 0) is 51.5 Å². The van der Waals surface area contributed by atoms with E-state index >= 15 is 0 Å². The molecule has 5 nitrogen and oxygen atoms in total. The number of hydrogen-bond acceptors (Lipinski definition) is 3. The van der Waals surface area contributed by atoms with Gasteiger partial charge in [0, 0.05) is 5.69 Å². The average Bonchev–Trinajstić information content (AvgIpc) is 3.09. The Labute approximate surface area is 120 Å². The van der Waals surface area contributed by atoms with Crippen LogP contribution in [0.1, 0.15) is 54.9 Å². The van der Waals surface area contributed by atoms with Gasteiger partial charge in [0.1, 0.15) is 5.69 Å². The summed E-state index contributed by atoms with van der Waals surface area (Å²) >= 11 is 0. The van der Waals surface area contributed by atoms with E-state index in [1.54, 1.807) is 0 Å². The summed E-state index contributed by atoms with van der Waals surface area (Å²) in [6, 6.07) is 0.536. The Kier molecular flexibility index (Phi) is 3.36. The largest absolute Gasteiger partial charge is 0.263 e. The van der Waals surface area contributed by atoms with E-state index in [4.69, 9.17) is 0 Å². The van der Waals surface area contributed by atoms with Gasteiger partial charge in [-0.25, -0.2) is 4.68 Å². The summed E-state index contributed by atoms with van der Waals surface area (Å²) in [5.41, 5.74) is 4.57. The molecule has 0 spiro atoms. The molecule has 0 amide bonds. The number of rotatable bonds is 3.